The number of aryl methyl sites for hydroxylation is 1. The van der Waals surface area contributed by atoms with Gasteiger partial charge in [-0.25, -0.2) is 4.68 Å². The van der Waals surface area contributed by atoms with Gasteiger partial charge in [-0.05, 0) is 43.7 Å². The van der Waals surface area contributed by atoms with Crippen LogP contribution in [0.4, 0.5) is 13.2 Å². The van der Waals surface area contributed by atoms with E-state index in [0.717, 1.165) is 16.0 Å². The number of carbonyl (C=O) groups is 2. The third kappa shape index (κ3) is 3.48. The quantitative estimate of drug-likeness (QED) is 0.685. The minimum Gasteiger partial charge on any atom is -0.376 e. The predicted molar refractivity (Wildman–Crippen MR) is 125 cm³/mol. The monoisotopic (exact) mass is 503 g/mol. The smallest absolute Gasteiger partial charge is 0.376 e. The molecule has 1 aromatic heterocycles. The van der Waals surface area contributed by atoms with Crippen molar-refractivity contribution < 1.29 is 27.5 Å². The maximum absolute atomic E-state index is 15.3. The largest absolute Gasteiger partial charge is 0.411 e. The lowest BCUT2D eigenvalue weighted by atomic mass is 9.66. The number of halogens is 3. The molecule has 5 rings (SSSR count). The number of benzene rings is 1. The normalized spacial score (nSPS) is 26.2. The van der Waals surface area contributed by atoms with Gasteiger partial charge in [0.15, 0.2) is 5.78 Å². The summed E-state index contributed by atoms with van der Waals surface area (Å²) < 4.78 is 52.6. The highest BCUT2D eigenvalue weighted by molar-refractivity contribution is 6.13. The van der Waals surface area contributed by atoms with Crippen LogP contribution >= 0.6 is 0 Å². The summed E-state index contributed by atoms with van der Waals surface area (Å²) >= 11 is 0. The molecular formula is C26H28F3N3O4. The van der Waals surface area contributed by atoms with E-state index >= 15 is 13.2 Å². The zero-order valence-corrected chi connectivity index (χ0v) is 20.4. The molecule has 2 aromatic rings. The van der Waals surface area contributed by atoms with Gasteiger partial charge in [0.1, 0.15) is 0 Å². The van der Waals surface area contributed by atoms with Crippen molar-refractivity contribution in [3.63, 3.8) is 0 Å². The van der Waals surface area contributed by atoms with Crippen molar-refractivity contribution in [2.75, 3.05) is 13.2 Å². The summed E-state index contributed by atoms with van der Waals surface area (Å²) in [6.45, 7) is 5.29. The maximum atomic E-state index is 15.3. The van der Waals surface area contributed by atoms with Crippen LogP contribution in [-0.2, 0) is 19.7 Å². The van der Waals surface area contributed by atoms with Crippen molar-refractivity contribution in [2.24, 2.45) is 5.41 Å². The number of ether oxygens (including phenoxy) is 1. The lowest BCUT2D eigenvalue weighted by molar-refractivity contribution is -0.189. The molecule has 1 amide bonds. The Morgan fingerprint density at radius 3 is 2.42 bits per heavy atom. The van der Waals surface area contributed by atoms with Crippen LogP contribution < -0.4 is 5.56 Å². The first kappa shape index (κ1) is 24.5. The molecular weight excluding hydrogens is 475 g/mol. The highest BCUT2D eigenvalue weighted by atomic mass is 19.4. The first-order valence-corrected chi connectivity index (χ1v) is 12.0. The lowest BCUT2D eigenvalue weighted by Gasteiger charge is -2.35. The Hall–Kier alpha value is -3.14. The molecule has 1 saturated heterocycles. The molecule has 2 aliphatic heterocycles. The zero-order chi connectivity index (χ0) is 26.0. The second-order valence-corrected chi connectivity index (χ2v) is 10.6. The third-order valence-corrected chi connectivity index (χ3v) is 7.42. The second kappa shape index (κ2) is 8.19. The number of hydrogen-bond donors (Lipinski definition) is 1. The molecule has 0 radical (unpaired) electrons. The fourth-order valence-electron chi connectivity index (χ4n) is 5.94. The summed E-state index contributed by atoms with van der Waals surface area (Å²) in [5, 5.41) is 2.71. The van der Waals surface area contributed by atoms with E-state index in [1.807, 2.05) is 0 Å². The molecule has 192 valence electrons. The van der Waals surface area contributed by atoms with E-state index < -0.39 is 51.5 Å². The molecule has 1 aliphatic carbocycles. The number of rotatable bonds is 4. The van der Waals surface area contributed by atoms with Gasteiger partial charge >= 0.3 is 6.18 Å². The van der Waals surface area contributed by atoms with Gasteiger partial charge in [-0.3, -0.25) is 19.5 Å². The topological polar surface area (TPSA) is 84.4 Å². The molecule has 0 bridgehead atoms. The summed E-state index contributed by atoms with van der Waals surface area (Å²) in [5.74, 6) is -2.06. The van der Waals surface area contributed by atoms with E-state index in [9.17, 15) is 14.4 Å². The van der Waals surface area contributed by atoms with Crippen LogP contribution in [0.3, 0.4) is 0 Å². The fraction of sp³-hybridized carbons (Fsp3) is 0.500. The number of H-pyrrole nitrogens is 1. The maximum Gasteiger partial charge on any atom is 0.411 e. The third-order valence-electron chi connectivity index (χ3n) is 7.42. The van der Waals surface area contributed by atoms with Crippen LogP contribution in [-0.4, -0.2) is 51.8 Å². The standard InChI is InChI=1S/C26H28F3N3O4/c1-15-20(22(34)32(30-15)16-8-5-4-6-9-16)25(26(27,28)29)21-18(12-24(2,3)13-19(21)33)31(23(25)35)14-17-10-7-11-36-17/h4-6,8-9,17,30H,7,10-14H2,1-3H3/t17-,25+/m0/s1. The summed E-state index contributed by atoms with van der Waals surface area (Å²) in [4.78, 5) is 42.2. The average Bonchev–Trinajstić information content (AvgIpc) is 3.46. The first-order chi connectivity index (χ1) is 16.9. The van der Waals surface area contributed by atoms with Gasteiger partial charge < -0.3 is 9.64 Å². The average molecular weight is 504 g/mol. The predicted octanol–water partition coefficient (Wildman–Crippen LogP) is 3.94. The molecule has 3 heterocycles. The fourth-order valence-corrected chi connectivity index (χ4v) is 5.94. The number of aromatic amines is 1. The number of aromatic nitrogens is 2. The number of hydrogen-bond acceptors (Lipinski definition) is 4. The van der Waals surface area contributed by atoms with E-state index in [2.05, 4.69) is 5.10 Å². The van der Waals surface area contributed by atoms with Crippen LogP contribution in [0.1, 0.15) is 50.8 Å². The Kier molecular flexibility index (Phi) is 5.59. The molecule has 1 fully saturated rings. The number of allylic oxidation sites excluding steroid dienone is 1. The molecule has 36 heavy (non-hydrogen) atoms. The summed E-state index contributed by atoms with van der Waals surface area (Å²) in [6, 6.07) is 8.15. The van der Waals surface area contributed by atoms with Crippen molar-refractivity contribution >= 4 is 11.7 Å². The van der Waals surface area contributed by atoms with E-state index in [0.29, 0.717) is 18.7 Å². The Balaban J connectivity index is 1.79. The van der Waals surface area contributed by atoms with Crippen LogP contribution in [0, 0.1) is 12.3 Å². The highest BCUT2D eigenvalue weighted by Crippen LogP contribution is 2.57. The van der Waals surface area contributed by atoms with Gasteiger partial charge in [0.25, 0.3) is 11.5 Å². The highest BCUT2D eigenvalue weighted by Gasteiger charge is 2.73. The Labute approximate surface area is 205 Å². The van der Waals surface area contributed by atoms with Gasteiger partial charge in [0.05, 0.1) is 23.9 Å². The summed E-state index contributed by atoms with van der Waals surface area (Å²) in [5.41, 5.74) is -6.13. The van der Waals surface area contributed by atoms with Crippen LogP contribution in [0.5, 0.6) is 0 Å². The molecule has 0 saturated carbocycles. The Morgan fingerprint density at radius 1 is 1.11 bits per heavy atom. The molecule has 7 nitrogen and oxygen atoms in total. The van der Waals surface area contributed by atoms with Crippen LogP contribution in [0.2, 0.25) is 0 Å². The minimum absolute atomic E-state index is 0.0559. The van der Waals surface area contributed by atoms with E-state index in [1.54, 1.807) is 44.2 Å². The number of alkyl halides is 3. The molecule has 2 atom stereocenters. The van der Waals surface area contributed by atoms with E-state index in [4.69, 9.17) is 4.74 Å². The van der Waals surface area contributed by atoms with Crippen LogP contribution in [0.15, 0.2) is 46.4 Å². The van der Waals surface area contributed by atoms with Gasteiger partial charge in [-0.15, -0.1) is 0 Å². The molecule has 0 spiro atoms. The number of carbonyl (C=O) groups excluding carboxylic acids is 2. The zero-order valence-electron chi connectivity index (χ0n) is 20.4. The Bertz CT molecular complexity index is 1320. The van der Waals surface area contributed by atoms with Gasteiger partial charge in [0.2, 0.25) is 5.41 Å². The van der Waals surface area contributed by atoms with Crippen molar-refractivity contribution in [2.45, 2.75) is 64.1 Å². The molecule has 1 aromatic carbocycles. The van der Waals surface area contributed by atoms with E-state index in [-0.39, 0.29) is 30.8 Å². The number of nitrogens with one attached hydrogen (secondary N) is 1. The minimum atomic E-state index is -5.23. The molecule has 3 aliphatic rings. The van der Waals surface area contributed by atoms with Gasteiger partial charge in [-0.1, -0.05) is 32.0 Å². The lowest BCUT2D eigenvalue weighted by Crippen LogP contribution is -2.55. The first-order valence-electron chi connectivity index (χ1n) is 12.0. The Morgan fingerprint density at radius 2 is 1.81 bits per heavy atom. The van der Waals surface area contributed by atoms with Crippen molar-refractivity contribution in [1.29, 1.82) is 0 Å². The SMILES string of the molecule is Cc1[nH]n(-c2ccccc2)c(=O)c1[C@]1(C(F)(F)F)C(=O)N(C[C@@H]2CCCO2)C2=C1C(=O)CC(C)(C)C2. The number of para-hydroxylation sites is 1. The molecule has 0 unspecified atom stereocenters. The van der Waals surface area contributed by atoms with E-state index in [1.165, 1.54) is 6.92 Å². The van der Waals surface area contributed by atoms with Crippen molar-refractivity contribution in [1.82, 2.24) is 14.7 Å². The summed E-state index contributed by atoms with van der Waals surface area (Å²) in [7, 11) is 0. The second-order valence-electron chi connectivity index (χ2n) is 10.6. The van der Waals surface area contributed by atoms with Gasteiger partial charge in [-0.2, -0.15) is 13.2 Å². The molecule has 10 heteroatoms. The number of Topliss-reactive ketones (excluding diaryl/α,β-unsaturated/α-hetero) is 1. The van der Waals surface area contributed by atoms with Gasteiger partial charge in [0, 0.05) is 30.0 Å². The summed E-state index contributed by atoms with van der Waals surface area (Å²) in [6.07, 6.45) is -4.35. The molecule has 1 N–H and O–H groups in total. The van der Waals surface area contributed by atoms with Crippen LogP contribution in [0.25, 0.3) is 5.69 Å². The van der Waals surface area contributed by atoms with Crippen molar-refractivity contribution in [3.8, 4) is 5.69 Å². The number of amides is 1. The van der Waals surface area contributed by atoms with Crippen molar-refractivity contribution in [3.05, 3.63) is 63.2 Å². The number of ketones is 1. The number of nitrogens with zero attached hydrogens (tertiary/aromatic N) is 2.